The first-order chi connectivity index (χ1) is 16.9. The molecule has 1 atom stereocenters. The van der Waals surface area contributed by atoms with E-state index < -0.39 is 15.6 Å². The number of methoxy groups -OCH3 is 1. The van der Waals surface area contributed by atoms with Gasteiger partial charge < -0.3 is 4.74 Å². The first-order valence-electron chi connectivity index (χ1n) is 12.0. The fourth-order valence-corrected chi connectivity index (χ4v) is 6.57. The quantitative estimate of drug-likeness (QED) is 0.396. The van der Waals surface area contributed by atoms with Crippen LogP contribution >= 0.6 is 0 Å². The molecule has 3 aromatic rings. The third-order valence-electron chi connectivity index (χ3n) is 6.47. The zero-order valence-corrected chi connectivity index (χ0v) is 22.4. The van der Waals surface area contributed by atoms with Crippen LogP contribution in [-0.4, -0.2) is 33.7 Å². The molecular formula is C29H32N2O4S. The molecule has 0 bridgehead atoms. The lowest BCUT2D eigenvalue weighted by atomic mass is 9.86. The summed E-state index contributed by atoms with van der Waals surface area (Å²) in [4.78, 5) is 30.6. The van der Waals surface area contributed by atoms with Crippen molar-refractivity contribution in [3.05, 3.63) is 77.0 Å². The van der Waals surface area contributed by atoms with Gasteiger partial charge in [0.05, 0.1) is 33.1 Å². The van der Waals surface area contributed by atoms with Crippen LogP contribution in [-0.2, 0) is 26.4 Å². The van der Waals surface area contributed by atoms with Gasteiger partial charge in [0.1, 0.15) is 0 Å². The average Bonchev–Trinajstić information content (AvgIpc) is 3.07. The van der Waals surface area contributed by atoms with E-state index in [1.807, 2.05) is 57.2 Å². The topological polar surface area (TPSA) is 85.7 Å². The Morgan fingerprint density at radius 2 is 1.81 bits per heavy atom. The van der Waals surface area contributed by atoms with Crippen molar-refractivity contribution in [2.24, 2.45) is 4.36 Å². The van der Waals surface area contributed by atoms with Crippen molar-refractivity contribution in [2.75, 3.05) is 12.9 Å². The second-order valence-corrected chi connectivity index (χ2v) is 12.7. The fourth-order valence-electron chi connectivity index (χ4n) is 4.54. The summed E-state index contributed by atoms with van der Waals surface area (Å²) in [5.74, 6) is -0.378. The third-order valence-corrected chi connectivity index (χ3v) is 8.67. The summed E-state index contributed by atoms with van der Waals surface area (Å²) < 4.78 is 23.2. The first-order valence-corrected chi connectivity index (χ1v) is 13.7. The number of nitrogens with zero attached hydrogens (tertiary/aromatic N) is 2. The van der Waals surface area contributed by atoms with E-state index in [0.29, 0.717) is 16.3 Å². The number of ketones is 1. The van der Waals surface area contributed by atoms with Crippen molar-refractivity contribution in [1.29, 1.82) is 0 Å². The van der Waals surface area contributed by atoms with Gasteiger partial charge in [-0.3, -0.25) is 9.59 Å². The number of amides is 1. The van der Waals surface area contributed by atoms with Crippen LogP contribution in [0.2, 0.25) is 0 Å². The van der Waals surface area contributed by atoms with Crippen LogP contribution in [0.3, 0.4) is 0 Å². The van der Waals surface area contributed by atoms with Gasteiger partial charge in [0, 0.05) is 18.7 Å². The highest BCUT2D eigenvalue weighted by atomic mass is 32.2. The van der Waals surface area contributed by atoms with Crippen LogP contribution in [0.15, 0.2) is 64.0 Å². The highest BCUT2D eigenvalue weighted by molar-refractivity contribution is 7.95. The Labute approximate surface area is 213 Å². The molecule has 0 spiro atoms. The Bertz CT molecular complexity index is 1470. The summed E-state index contributed by atoms with van der Waals surface area (Å²) in [7, 11) is -1.63. The van der Waals surface area contributed by atoms with Gasteiger partial charge in [0.2, 0.25) is 5.88 Å². The molecule has 1 aliphatic rings. The summed E-state index contributed by atoms with van der Waals surface area (Å²) in [6.45, 7) is 10.3. The van der Waals surface area contributed by atoms with Gasteiger partial charge in [-0.2, -0.15) is 4.36 Å². The Balaban J connectivity index is 1.72. The van der Waals surface area contributed by atoms with Crippen molar-refractivity contribution < 1.29 is 18.5 Å². The standard InChI is InChI=1S/C29H32N2O4S/c1-18(2)22-8-7-9-23(19-12-13-30-27(14-19)35-6)25(22)16-21(32)17-36(34)26-15-20(29(3,4)5)10-11-24(26)28(33)31-36/h7-15,18H,16-17H2,1-6H3. The normalized spacial score (nSPS) is 17.1. The van der Waals surface area contributed by atoms with Gasteiger partial charge in [0.15, 0.2) is 5.78 Å². The molecule has 7 heteroatoms. The van der Waals surface area contributed by atoms with Gasteiger partial charge in [-0.25, -0.2) is 9.19 Å². The Hall–Kier alpha value is -3.32. The van der Waals surface area contributed by atoms with E-state index in [4.69, 9.17) is 4.74 Å². The molecule has 1 aliphatic heterocycles. The monoisotopic (exact) mass is 504 g/mol. The summed E-state index contributed by atoms with van der Waals surface area (Å²) in [5.41, 5.74) is 4.79. The summed E-state index contributed by atoms with van der Waals surface area (Å²) in [5, 5.41) is 0. The van der Waals surface area contributed by atoms with E-state index >= 15 is 0 Å². The molecule has 36 heavy (non-hydrogen) atoms. The van der Waals surface area contributed by atoms with E-state index in [1.165, 1.54) is 0 Å². The number of benzene rings is 2. The largest absolute Gasteiger partial charge is 0.481 e. The van der Waals surface area contributed by atoms with Crippen LogP contribution in [0.4, 0.5) is 0 Å². The predicted molar refractivity (Wildman–Crippen MR) is 142 cm³/mol. The highest BCUT2D eigenvalue weighted by Gasteiger charge is 2.33. The minimum Gasteiger partial charge on any atom is -0.481 e. The molecule has 4 rings (SSSR count). The van der Waals surface area contributed by atoms with Crippen LogP contribution < -0.4 is 4.74 Å². The lowest BCUT2D eigenvalue weighted by molar-refractivity contribution is -0.116. The van der Waals surface area contributed by atoms with Crippen molar-refractivity contribution in [2.45, 2.75) is 57.3 Å². The second kappa shape index (κ2) is 9.62. The van der Waals surface area contributed by atoms with Gasteiger partial charge in [-0.05, 0) is 57.3 Å². The van der Waals surface area contributed by atoms with E-state index in [0.717, 1.165) is 27.8 Å². The zero-order valence-electron chi connectivity index (χ0n) is 21.6. The van der Waals surface area contributed by atoms with Crippen LogP contribution in [0, 0.1) is 0 Å². The molecule has 6 nitrogen and oxygen atoms in total. The zero-order chi connectivity index (χ0) is 26.3. The second-order valence-electron chi connectivity index (χ2n) is 10.5. The lowest BCUT2D eigenvalue weighted by Gasteiger charge is -2.20. The highest BCUT2D eigenvalue weighted by Crippen LogP contribution is 2.35. The molecule has 0 N–H and O–H groups in total. The van der Waals surface area contributed by atoms with Crippen LogP contribution in [0.5, 0.6) is 5.88 Å². The van der Waals surface area contributed by atoms with E-state index in [1.54, 1.807) is 25.4 Å². The Kier molecular flexibility index (Phi) is 6.88. The number of rotatable bonds is 7. The minimum absolute atomic E-state index is 0.0866. The fraction of sp³-hybridized carbons (Fsp3) is 0.345. The van der Waals surface area contributed by atoms with Gasteiger partial charge >= 0.3 is 0 Å². The average molecular weight is 505 g/mol. The number of carbonyl (C=O) groups is 2. The molecular weight excluding hydrogens is 472 g/mol. The maximum Gasteiger partial charge on any atom is 0.286 e. The van der Waals surface area contributed by atoms with Crippen molar-refractivity contribution >= 4 is 21.4 Å². The van der Waals surface area contributed by atoms with Gasteiger partial charge in [0.25, 0.3) is 5.91 Å². The number of aromatic nitrogens is 1. The maximum absolute atomic E-state index is 13.9. The van der Waals surface area contributed by atoms with E-state index in [2.05, 4.69) is 23.2 Å². The van der Waals surface area contributed by atoms with E-state index in [-0.39, 0.29) is 29.3 Å². The van der Waals surface area contributed by atoms with Crippen LogP contribution in [0.25, 0.3) is 11.1 Å². The number of fused-ring (bicyclic) bond motifs is 1. The molecule has 0 saturated carbocycles. The SMILES string of the molecule is COc1cc(-c2cccc(C(C)C)c2CC(=O)CS2(=O)=NC(=O)c3ccc(C(C)(C)C)cc32)ccn1. The van der Waals surface area contributed by atoms with Crippen LogP contribution in [0.1, 0.15) is 67.6 Å². The lowest BCUT2D eigenvalue weighted by Crippen LogP contribution is -2.19. The molecule has 188 valence electrons. The maximum atomic E-state index is 13.9. The van der Waals surface area contributed by atoms with Gasteiger partial charge in [-0.1, -0.05) is 58.9 Å². The molecule has 0 aliphatic carbocycles. The van der Waals surface area contributed by atoms with Crippen molar-refractivity contribution in [3.8, 4) is 17.0 Å². The number of ether oxygens (including phenoxy) is 1. The molecule has 1 amide bonds. The molecule has 0 saturated heterocycles. The van der Waals surface area contributed by atoms with Gasteiger partial charge in [-0.15, -0.1) is 0 Å². The minimum atomic E-state index is -3.19. The molecule has 2 heterocycles. The molecule has 1 aromatic heterocycles. The molecule has 0 radical (unpaired) electrons. The summed E-state index contributed by atoms with van der Waals surface area (Å²) in [6, 6.07) is 15.0. The number of hydrogen-bond donors (Lipinski definition) is 0. The molecule has 1 unspecified atom stereocenters. The number of hydrogen-bond acceptors (Lipinski definition) is 5. The first kappa shape index (κ1) is 25.8. The molecule has 0 fully saturated rings. The van der Waals surface area contributed by atoms with Crippen molar-refractivity contribution in [1.82, 2.24) is 4.98 Å². The Morgan fingerprint density at radius 3 is 2.47 bits per heavy atom. The van der Waals surface area contributed by atoms with Crippen molar-refractivity contribution in [3.63, 3.8) is 0 Å². The molecule has 2 aromatic carbocycles. The summed E-state index contributed by atoms with van der Waals surface area (Å²) >= 11 is 0. The summed E-state index contributed by atoms with van der Waals surface area (Å²) in [6.07, 6.45) is 1.76. The third kappa shape index (κ3) is 4.98. The number of carbonyl (C=O) groups excluding carboxylic acids is 2. The smallest absolute Gasteiger partial charge is 0.286 e. The Morgan fingerprint density at radius 1 is 1.06 bits per heavy atom. The predicted octanol–water partition coefficient (Wildman–Crippen LogP) is 5.97. The van der Waals surface area contributed by atoms with E-state index in [9.17, 15) is 13.8 Å². The number of pyridine rings is 1. The number of Topliss-reactive ketones (excluding diaryl/α,β-unsaturated/α-hetero) is 1.